The van der Waals surface area contributed by atoms with Crippen molar-refractivity contribution in [2.24, 2.45) is 0 Å². The minimum atomic E-state index is -6.23. The van der Waals surface area contributed by atoms with Gasteiger partial charge >= 0.3 is 33.7 Å². The summed E-state index contributed by atoms with van der Waals surface area (Å²) in [6.45, 7) is 0. The predicted octanol–water partition coefficient (Wildman–Crippen LogP) is 0.200. The summed E-state index contributed by atoms with van der Waals surface area (Å²) >= 11 is 0. The van der Waals surface area contributed by atoms with Crippen LogP contribution in [-0.2, 0) is 28.7 Å². The Balaban J connectivity index is 2.31. The fraction of sp³-hybridized carbons (Fsp3) is 0.545. The van der Waals surface area contributed by atoms with Gasteiger partial charge in [0.15, 0.2) is 11.5 Å². The number of carboxylic acids is 1. The Morgan fingerprint density at radius 3 is 2.19 bits per heavy atom. The van der Waals surface area contributed by atoms with E-state index in [0.29, 0.717) is 0 Å². The molecule has 2 rings (SSSR count). The van der Waals surface area contributed by atoms with Crippen LogP contribution in [-0.4, -0.2) is 60.0 Å². The molecule has 0 spiro atoms. The highest BCUT2D eigenvalue weighted by Crippen LogP contribution is 2.39. The first-order chi connectivity index (χ1) is 12.1. The van der Waals surface area contributed by atoms with E-state index < -0.39 is 76.0 Å². The summed E-state index contributed by atoms with van der Waals surface area (Å²) < 4.78 is 99.7. The van der Waals surface area contributed by atoms with Gasteiger partial charge < -0.3 is 14.6 Å². The Kier molecular flexibility index (Phi) is 4.83. The van der Waals surface area contributed by atoms with E-state index >= 15 is 0 Å². The number of carbonyl (C=O) groups excluding carboxylic acids is 2. The molecule has 0 saturated carbocycles. The number of carbonyl (C=O) groups is 3. The van der Waals surface area contributed by atoms with Crippen LogP contribution in [0.5, 0.6) is 0 Å². The van der Waals surface area contributed by atoms with Gasteiger partial charge in [0.2, 0.25) is 0 Å². The number of carboxylic acid groups (broad SMARTS) is 1. The van der Waals surface area contributed by atoms with E-state index in [1.807, 2.05) is 0 Å². The average Bonchev–Trinajstić information content (AvgIpc) is 2.49. The number of nitrogens with zero attached hydrogens (tertiary/aromatic N) is 1. The molecule has 2 aliphatic heterocycles. The molecular formula is C11H8F6N2O7S. The van der Waals surface area contributed by atoms with Crippen LogP contribution in [0.4, 0.5) is 26.3 Å². The third kappa shape index (κ3) is 3.65. The summed E-state index contributed by atoms with van der Waals surface area (Å²) in [4.78, 5) is 34.3. The molecule has 1 saturated heterocycles. The van der Waals surface area contributed by atoms with E-state index in [9.17, 15) is 49.1 Å². The molecule has 2 heterocycles. The molecule has 9 nitrogen and oxygen atoms in total. The molecular weight excluding hydrogens is 418 g/mol. The first-order valence-corrected chi connectivity index (χ1v) is 8.16. The fourth-order valence-corrected chi connectivity index (χ4v) is 3.03. The largest absolute Gasteiger partial charge is 0.534 e. The first kappa shape index (κ1) is 20.8. The molecule has 0 aromatic heterocycles. The highest BCUT2D eigenvalue weighted by atomic mass is 32.2. The van der Waals surface area contributed by atoms with E-state index in [0.717, 1.165) is 0 Å². The van der Waals surface area contributed by atoms with Crippen molar-refractivity contribution in [1.29, 1.82) is 0 Å². The third-order valence-corrected chi connectivity index (χ3v) is 4.62. The standard InChI is InChI=1S/C11H8F6N2O7S/c12-10(13,14)9(23)18-5-3-1-2-4(26-27(24,25)11(15,16)17)6(8(21)22)19(3)7(5)20/h3,5H,1-2H2,(H,18,23)(H,21,22)/t3-,5+/m1/s1. The van der Waals surface area contributed by atoms with Gasteiger partial charge in [-0.1, -0.05) is 0 Å². The molecule has 2 atom stereocenters. The Hall–Kier alpha value is -2.52. The van der Waals surface area contributed by atoms with Crippen molar-refractivity contribution in [3.63, 3.8) is 0 Å². The molecule has 2 amide bonds. The molecule has 0 aromatic carbocycles. The van der Waals surface area contributed by atoms with Crippen LogP contribution in [0.15, 0.2) is 11.5 Å². The van der Waals surface area contributed by atoms with Gasteiger partial charge in [0, 0.05) is 6.42 Å². The number of nitrogens with one attached hydrogen (secondary N) is 1. The number of alkyl halides is 6. The maximum absolute atomic E-state index is 12.4. The van der Waals surface area contributed by atoms with Crippen molar-refractivity contribution in [2.75, 3.05) is 0 Å². The number of amides is 2. The normalized spacial score (nSPS) is 23.5. The zero-order chi connectivity index (χ0) is 20.9. The second kappa shape index (κ2) is 6.28. The molecule has 152 valence electrons. The van der Waals surface area contributed by atoms with Crippen molar-refractivity contribution in [1.82, 2.24) is 10.2 Å². The lowest BCUT2D eigenvalue weighted by Gasteiger charge is -2.49. The van der Waals surface area contributed by atoms with E-state index in [-0.39, 0.29) is 4.90 Å². The van der Waals surface area contributed by atoms with Crippen molar-refractivity contribution < 1.29 is 58.4 Å². The molecule has 0 unspecified atom stereocenters. The maximum Gasteiger partial charge on any atom is 0.534 e. The van der Waals surface area contributed by atoms with E-state index in [4.69, 9.17) is 5.11 Å². The summed E-state index contributed by atoms with van der Waals surface area (Å²) in [5.74, 6) is -7.09. The summed E-state index contributed by atoms with van der Waals surface area (Å²) in [5, 5.41) is 10.4. The maximum atomic E-state index is 12.4. The number of halogens is 6. The van der Waals surface area contributed by atoms with Crippen molar-refractivity contribution in [3.05, 3.63) is 11.5 Å². The highest BCUT2D eigenvalue weighted by molar-refractivity contribution is 7.87. The third-order valence-electron chi connectivity index (χ3n) is 3.63. The molecule has 27 heavy (non-hydrogen) atoms. The summed E-state index contributed by atoms with van der Waals surface area (Å²) in [7, 11) is -6.23. The van der Waals surface area contributed by atoms with Crippen LogP contribution < -0.4 is 5.32 Å². The minimum absolute atomic E-state index is 0.272. The number of rotatable bonds is 4. The molecule has 0 aliphatic carbocycles. The van der Waals surface area contributed by atoms with Crippen LogP contribution in [0.1, 0.15) is 12.8 Å². The Morgan fingerprint density at radius 1 is 1.19 bits per heavy atom. The van der Waals surface area contributed by atoms with Gasteiger partial charge in [-0.25, -0.2) is 4.79 Å². The van der Waals surface area contributed by atoms with Crippen molar-refractivity contribution >= 4 is 27.9 Å². The van der Waals surface area contributed by atoms with Gasteiger partial charge in [-0.2, -0.15) is 34.8 Å². The average molecular weight is 426 g/mol. The van der Waals surface area contributed by atoms with Gasteiger partial charge in [-0.05, 0) is 6.42 Å². The predicted molar refractivity (Wildman–Crippen MR) is 68.6 cm³/mol. The molecule has 2 N–H and O–H groups in total. The van der Waals surface area contributed by atoms with E-state index in [2.05, 4.69) is 4.18 Å². The second-order valence-corrected chi connectivity index (χ2v) is 6.86. The SMILES string of the molecule is O=C(O)C1=C(OS(=O)(=O)C(F)(F)F)CC[C@@H]2[C@H](NC(=O)C(F)(F)F)C(=O)N12. The van der Waals surface area contributed by atoms with Gasteiger partial charge in [0.05, 0.1) is 6.04 Å². The zero-order valence-corrected chi connectivity index (χ0v) is 13.4. The number of aliphatic carboxylic acids is 1. The Labute approximate surface area is 145 Å². The minimum Gasteiger partial charge on any atom is -0.476 e. The second-order valence-electron chi connectivity index (χ2n) is 5.32. The quantitative estimate of drug-likeness (QED) is 0.284. The number of β-lactam (4-membered cyclic amide) rings is 1. The number of hydrogen-bond acceptors (Lipinski definition) is 6. The summed E-state index contributed by atoms with van der Waals surface area (Å²) in [5.41, 5.74) is -7.13. The van der Waals surface area contributed by atoms with E-state index in [1.165, 1.54) is 5.32 Å². The number of allylic oxidation sites excluding steroid dienone is 1. The molecule has 0 aromatic rings. The first-order valence-electron chi connectivity index (χ1n) is 6.76. The monoisotopic (exact) mass is 426 g/mol. The highest BCUT2D eigenvalue weighted by Gasteiger charge is 2.57. The fourth-order valence-electron chi connectivity index (χ4n) is 2.51. The van der Waals surface area contributed by atoms with Crippen LogP contribution in [0.2, 0.25) is 0 Å². The van der Waals surface area contributed by atoms with Gasteiger partial charge in [0.1, 0.15) is 6.04 Å². The molecule has 1 fully saturated rings. The summed E-state index contributed by atoms with van der Waals surface area (Å²) in [6.07, 6.45) is -6.52. The lowest BCUT2D eigenvalue weighted by Crippen LogP contribution is -2.72. The topological polar surface area (TPSA) is 130 Å². The van der Waals surface area contributed by atoms with Crippen LogP contribution in [0.25, 0.3) is 0 Å². The molecule has 16 heteroatoms. The van der Waals surface area contributed by atoms with Gasteiger partial charge in [0.25, 0.3) is 5.91 Å². The molecule has 2 aliphatic rings. The Bertz CT molecular complexity index is 831. The molecule has 0 radical (unpaired) electrons. The van der Waals surface area contributed by atoms with Crippen LogP contribution >= 0.6 is 0 Å². The van der Waals surface area contributed by atoms with E-state index in [1.54, 1.807) is 0 Å². The van der Waals surface area contributed by atoms with Gasteiger partial charge in [-0.15, -0.1) is 0 Å². The lowest BCUT2D eigenvalue weighted by atomic mass is 9.86. The van der Waals surface area contributed by atoms with Crippen LogP contribution in [0.3, 0.4) is 0 Å². The zero-order valence-electron chi connectivity index (χ0n) is 12.6. The van der Waals surface area contributed by atoms with Crippen LogP contribution in [0, 0.1) is 0 Å². The molecule has 0 bridgehead atoms. The van der Waals surface area contributed by atoms with Crippen molar-refractivity contribution in [3.8, 4) is 0 Å². The summed E-state index contributed by atoms with van der Waals surface area (Å²) in [6, 6.07) is -3.09. The Morgan fingerprint density at radius 2 is 1.74 bits per heavy atom. The lowest BCUT2D eigenvalue weighted by molar-refractivity contribution is -0.178. The van der Waals surface area contributed by atoms with Gasteiger partial charge in [-0.3, -0.25) is 14.5 Å². The smallest absolute Gasteiger partial charge is 0.476 e. The van der Waals surface area contributed by atoms with Crippen molar-refractivity contribution in [2.45, 2.75) is 36.6 Å². The number of fused-ring (bicyclic) bond motifs is 1. The number of hydrogen-bond donors (Lipinski definition) is 2.